The summed E-state index contributed by atoms with van der Waals surface area (Å²) in [6, 6.07) is 13.4. The fourth-order valence-corrected chi connectivity index (χ4v) is 2.67. The van der Waals surface area contributed by atoms with Crippen molar-refractivity contribution in [2.75, 3.05) is 13.7 Å². The lowest BCUT2D eigenvalue weighted by atomic mass is 9.99. The van der Waals surface area contributed by atoms with E-state index in [4.69, 9.17) is 9.47 Å². The summed E-state index contributed by atoms with van der Waals surface area (Å²) in [6.45, 7) is 4.24. The van der Waals surface area contributed by atoms with E-state index in [2.05, 4.69) is 40.3 Å². The predicted octanol–water partition coefficient (Wildman–Crippen LogP) is 4.50. The first kappa shape index (κ1) is 20.0. The molecule has 0 spiro atoms. The molecule has 0 saturated carbocycles. The Labute approximate surface area is 162 Å². The monoisotopic (exact) mass is 418 g/mol. The lowest BCUT2D eigenvalue weighted by molar-refractivity contribution is -0.123. The zero-order valence-corrected chi connectivity index (χ0v) is 16.7. The Kier molecular flexibility index (Phi) is 7.66. The Morgan fingerprint density at radius 2 is 2.00 bits per heavy atom. The summed E-state index contributed by atoms with van der Waals surface area (Å²) >= 11 is 3.39. The van der Waals surface area contributed by atoms with Crippen LogP contribution in [0.2, 0.25) is 0 Å². The summed E-state index contributed by atoms with van der Waals surface area (Å²) in [7, 11) is 1.58. The van der Waals surface area contributed by atoms with Gasteiger partial charge in [-0.25, -0.2) is 5.43 Å². The van der Waals surface area contributed by atoms with Gasteiger partial charge in [0.2, 0.25) is 0 Å². The highest BCUT2D eigenvalue weighted by Gasteiger charge is 2.05. The van der Waals surface area contributed by atoms with E-state index < -0.39 is 0 Å². The molecule has 0 radical (unpaired) electrons. The van der Waals surface area contributed by atoms with Gasteiger partial charge in [-0.15, -0.1) is 0 Å². The zero-order chi connectivity index (χ0) is 18.9. The van der Waals surface area contributed by atoms with Gasteiger partial charge in [0, 0.05) is 10.0 Å². The van der Waals surface area contributed by atoms with E-state index in [0.717, 1.165) is 16.5 Å². The SMILES string of the molecule is CC[C@@H](C)c1ccc(OCC(=O)N/N=C\c2cc(Br)ccc2OC)cc1. The smallest absolute Gasteiger partial charge is 0.277 e. The van der Waals surface area contributed by atoms with E-state index in [1.807, 2.05) is 42.5 Å². The molecule has 1 atom stereocenters. The molecule has 6 heteroatoms. The second kappa shape index (κ2) is 9.97. The van der Waals surface area contributed by atoms with Crippen molar-refractivity contribution >= 4 is 28.1 Å². The van der Waals surface area contributed by atoms with Crippen molar-refractivity contribution < 1.29 is 14.3 Å². The van der Waals surface area contributed by atoms with E-state index in [9.17, 15) is 4.79 Å². The first-order valence-electron chi connectivity index (χ1n) is 8.41. The number of ether oxygens (including phenoxy) is 2. The third-order valence-electron chi connectivity index (χ3n) is 4.02. The van der Waals surface area contributed by atoms with Crippen molar-refractivity contribution in [1.29, 1.82) is 0 Å². The highest BCUT2D eigenvalue weighted by Crippen LogP contribution is 2.22. The van der Waals surface area contributed by atoms with Crippen LogP contribution in [0.25, 0.3) is 0 Å². The van der Waals surface area contributed by atoms with Gasteiger partial charge < -0.3 is 9.47 Å². The van der Waals surface area contributed by atoms with Gasteiger partial charge in [-0.2, -0.15) is 5.10 Å². The summed E-state index contributed by atoms with van der Waals surface area (Å²) in [6.07, 6.45) is 2.62. The van der Waals surface area contributed by atoms with E-state index in [-0.39, 0.29) is 12.5 Å². The Hall–Kier alpha value is -2.34. The maximum atomic E-state index is 11.9. The molecule has 1 amide bonds. The van der Waals surface area contributed by atoms with Crippen molar-refractivity contribution in [3.05, 3.63) is 58.1 Å². The number of carbonyl (C=O) groups is 1. The number of amides is 1. The molecule has 0 saturated heterocycles. The Bertz CT molecular complexity index is 760. The molecule has 0 unspecified atom stereocenters. The number of carbonyl (C=O) groups excluding carboxylic acids is 1. The van der Waals surface area contributed by atoms with Crippen LogP contribution in [-0.2, 0) is 4.79 Å². The molecular formula is C20H23BrN2O3. The first-order valence-corrected chi connectivity index (χ1v) is 9.21. The van der Waals surface area contributed by atoms with Gasteiger partial charge in [0.15, 0.2) is 6.61 Å². The zero-order valence-electron chi connectivity index (χ0n) is 15.2. The van der Waals surface area contributed by atoms with Crippen LogP contribution in [0.15, 0.2) is 52.0 Å². The molecule has 2 rings (SSSR count). The van der Waals surface area contributed by atoms with Crippen molar-refractivity contribution in [3.8, 4) is 11.5 Å². The molecule has 0 aliphatic rings. The number of rotatable bonds is 8. The first-order chi connectivity index (χ1) is 12.5. The largest absolute Gasteiger partial charge is 0.496 e. The average Bonchev–Trinajstić information content (AvgIpc) is 2.66. The minimum atomic E-state index is -0.332. The van der Waals surface area contributed by atoms with Gasteiger partial charge >= 0.3 is 0 Å². The maximum Gasteiger partial charge on any atom is 0.277 e. The van der Waals surface area contributed by atoms with Crippen LogP contribution in [0, 0.1) is 0 Å². The van der Waals surface area contributed by atoms with Crippen LogP contribution in [0.4, 0.5) is 0 Å². The van der Waals surface area contributed by atoms with E-state index >= 15 is 0 Å². The highest BCUT2D eigenvalue weighted by molar-refractivity contribution is 9.10. The molecule has 0 aliphatic carbocycles. The lowest BCUT2D eigenvalue weighted by Gasteiger charge is -2.10. The summed E-state index contributed by atoms with van der Waals surface area (Å²) in [5, 5.41) is 3.95. The molecule has 0 aliphatic heterocycles. The number of nitrogens with zero attached hydrogens (tertiary/aromatic N) is 1. The molecule has 0 aromatic heterocycles. The van der Waals surface area contributed by atoms with Crippen LogP contribution in [0.5, 0.6) is 11.5 Å². The van der Waals surface area contributed by atoms with E-state index in [1.165, 1.54) is 11.8 Å². The molecule has 0 heterocycles. The van der Waals surface area contributed by atoms with Crippen LogP contribution >= 0.6 is 15.9 Å². The van der Waals surface area contributed by atoms with Crippen LogP contribution in [0.1, 0.15) is 37.3 Å². The van der Waals surface area contributed by atoms with Gasteiger partial charge in [0.05, 0.1) is 13.3 Å². The summed E-state index contributed by atoms with van der Waals surface area (Å²) in [5.74, 6) is 1.51. The van der Waals surface area contributed by atoms with Gasteiger partial charge in [-0.3, -0.25) is 4.79 Å². The molecule has 2 aromatic carbocycles. The molecule has 5 nitrogen and oxygen atoms in total. The molecule has 0 fully saturated rings. The average molecular weight is 419 g/mol. The predicted molar refractivity (Wildman–Crippen MR) is 107 cm³/mol. The Morgan fingerprint density at radius 1 is 1.27 bits per heavy atom. The highest BCUT2D eigenvalue weighted by atomic mass is 79.9. The normalized spacial score (nSPS) is 12.0. The minimum absolute atomic E-state index is 0.102. The quantitative estimate of drug-likeness (QED) is 0.506. The molecule has 26 heavy (non-hydrogen) atoms. The second-order valence-electron chi connectivity index (χ2n) is 5.85. The number of nitrogens with one attached hydrogen (secondary N) is 1. The Morgan fingerprint density at radius 3 is 2.65 bits per heavy atom. The second-order valence-corrected chi connectivity index (χ2v) is 6.76. The summed E-state index contributed by atoms with van der Waals surface area (Å²) < 4.78 is 11.6. The van der Waals surface area contributed by atoms with Crippen molar-refractivity contribution in [3.63, 3.8) is 0 Å². The number of hydrazone groups is 1. The fraction of sp³-hybridized carbons (Fsp3) is 0.300. The van der Waals surface area contributed by atoms with Crippen molar-refractivity contribution in [2.24, 2.45) is 5.10 Å². The topological polar surface area (TPSA) is 59.9 Å². The van der Waals surface area contributed by atoms with E-state index in [1.54, 1.807) is 7.11 Å². The number of halogens is 1. The van der Waals surface area contributed by atoms with Crippen molar-refractivity contribution in [1.82, 2.24) is 5.43 Å². The number of benzene rings is 2. The molecule has 0 bridgehead atoms. The summed E-state index contributed by atoms with van der Waals surface area (Å²) in [5.41, 5.74) is 4.46. The third-order valence-corrected chi connectivity index (χ3v) is 4.51. The molecule has 138 valence electrons. The van der Waals surface area contributed by atoms with Gasteiger partial charge in [0.25, 0.3) is 5.91 Å². The van der Waals surface area contributed by atoms with Crippen LogP contribution < -0.4 is 14.9 Å². The number of methoxy groups -OCH3 is 1. The third kappa shape index (κ3) is 5.88. The molecule has 1 N–H and O–H groups in total. The van der Waals surface area contributed by atoms with Gasteiger partial charge in [0.1, 0.15) is 11.5 Å². The molecular weight excluding hydrogens is 396 g/mol. The van der Waals surface area contributed by atoms with E-state index in [0.29, 0.717) is 17.4 Å². The standard InChI is InChI=1S/C20H23BrN2O3/c1-4-14(2)15-5-8-18(9-6-15)26-13-20(24)23-22-12-16-11-17(21)7-10-19(16)25-3/h5-12,14H,4,13H2,1-3H3,(H,23,24)/b22-12-/t14-/m1/s1. The summed E-state index contributed by atoms with van der Waals surface area (Å²) in [4.78, 5) is 11.9. The molecule has 2 aromatic rings. The van der Waals surface area contributed by atoms with Crippen LogP contribution in [0.3, 0.4) is 0 Å². The number of hydrogen-bond acceptors (Lipinski definition) is 4. The van der Waals surface area contributed by atoms with Gasteiger partial charge in [-0.1, -0.05) is 41.9 Å². The lowest BCUT2D eigenvalue weighted by Crippen LogP contribution is -2.24. The van der Waals surface area contributed by atoms with Gasteiger partial charge in [-0.05, 0) is 48.2 Å². The number of hydrogen-bond donors (Lipinski definition) is 1. The van der Waals surface area contributed by atoms with Crippen LogP contribution in [-0.4, -0.2) is 25.8 Å². The Balaban J connectivity index is 1.85. The van der Waals surface area contributed by atoms with Crippen molar-refractivity contribution in [2.45, 2.75) is 26.2 Å². The minimum Gasteiger partial charge on any atom is -0.496 e. The maximum absolute atomic E-state index is 11.9. The fourth-order valence-electron chi connectivity index (χ4n) is 2.29.